The van der Waals surface area contributed by atoms with Crippen LogP contribution in [0.2, 0.25) is 0 Å². The lowest BCUT2D eigenvalue weighted by atomic mass is 10.1. The normalized spacial score (nSPS) is 10.2. The zero-order valence-electron chi connectivity index (χ0n) is 11.1. The van der Waals surface area contributed by atoms with Crippen LogP contribution in [0.25, 0.3) is 0 Å². The minimum atomic E-state index is -0.00221. The lowest BCUT2D eigenvalue weighted by molar-refractivity contribution is -0.130. The van der Waals surface area contributed by atoms with Crippen molar-refractivity contribution in [1.29, 1.82) is 0 Å². The zero-order chi connectivity index (χ0) is 13.4. The summed E-state index contributed by atoms with van der Waals surface area (Å²) >= 11 is 0. The topological polar surface area (TPSA) is 49.8 Å². The highest BCUT2D eigenvalue weighted by Crippen LogP contribution is 2.19. The molecule has 1 rings (SSSR count). The highest BCUT2D eigenvalue weighted by molar-refractivity contribution is 5.76. The van der Waals surface area contributed by atoms with Gasteiger partial charge in [-0.1, -0.05) is 18.2 Å². The second kappa shape index (κ2) is 7.71. The fourth-order valence-electron chi connectivity index (χ4n) is 1.71. The monoisotopic (exact) mass is 251 g/mol. The molecule has 1 N–H and O–H groups in total. The Balaban J connectivity index is 2.55. The maximum Gasteiger partial charge on any atom is 0.222 e. The molecule has 0 radical (unpaired) electrons. The van der Waals surface area contributed by atoms with Gasteiger partial charge in [-0.2, -0.15) is 0 Å². The maximum absolute atomic E-state index is 11.7. The standard InChI is InChI=1S/C14H21NO3/c1-3-18-13-7-5-4-6-12(13)8-9-14(17)15(2)10-11-16/h4-7,16H,3,8-11H2,1-2H3. The first-order chi connectivity index (χ1) is 8.69. The van der Waals surface area contributed by atoms with Crippen molar-refractivity contribution in [3.63, 3.8) is 0 Å². The molecule has 4 heteroatoms. The van der Waals surface area contributed by atoms with E-state index in [2.05, 4.69) is 0 Å². The van der Waals surface area contributed by atoms with E-state index in [-0.39, 0.29) is 12.5 Å². The molecule has 1 amide bonds. The molecule has 0 unspecified atom stereocenters. The number of aliphatic hydroxyl groups excluding tert-OH is 1. The van der Waals surface area contributed by atoms with Crippen LogP contribution in [0.5, 0.6) is 5.75 Å². The molecule has 0 aliphatic rings. The molecule has 0 saturated heterocycles. The maximum atomic E-state index is 11.7. The van der Waals surface area contributed by atoms with Crippen LogP contribution in [0, 0.1) is 0 Å². The van der Waals surface area contributed by atoms with Crippen molar-refractivity contribution in [2.45, 2.75) is 19.8 Å². The van der Waals surface area contributed by atoms with Crippen LogP contribution in [-0.4, -0.2) is 42.7 Å². The van der Waals surface area contributed by atoms with E-state index in [0.29, 0.717) is 26.0 Å². The predicted molar refractivity (Wildman–Crippen MR) is 70.7 cm³/mol. The Labute approximate surface area is 108 Å². The molecule has 0 bridgehead atoms. The van der Waals surface area contributed by atoms with Crippen LogP contribution in [0.4, 0.5) is 0 Å². The Morgan fingerprint density at radius 2 is 2.11 bits per heavy atom. The largest absolute Gasteiger partial charge is 0.494 e. The Hall–Kier alpha value is -1.55. The molecule has 0 aliphatic carbocycles. The van der Waals surface area contributed by atoms with E-state index in [4.69, 9.17) is 9.84 Å². The van der Waals surface area contributed by atoms with Crippen molar-refractivity contribution in [3.05, 3.63) is 29.8 Å². The predicted octanol–water partition coefficient (Wildman–Crippen LogP) is 1.47. The van der Waals surface area contributed by atoms with Gasteiger partial charge in [0.2, 0.25) is 5.91 Å². The van der Waals surface area contributed by atoms with Crippen molar-refractivity contribution in [2.75, 3.05) is 26.8 Å². The number of hydrogen-bond acceptors (Lipinski definition) is 3. The van der Waals surface area contributed by atoms with Gasteiger partial charge in [0.05, 0.1) is 13.2 Å². The van der Waals surface area contributed by atoms with E-state index in [1.54, 1.807) is 11.9 Å². The number of nitrogens with zero attached hydrogens (tertiary/aromatic N) is 1. The Morgan fingerprint density at radius 3 is 2.78 bits per heavy atom. The molecule has 4 nitrogen and oxygen atoms in total. The molecule has 0 aromatic heterocycles. The van der Waals surface area contributed by atoms with Gasteiger partial charge < -0.3 is 14.7 Å². The first kappa shape index (κ1) is 14.5. The van der Waals surface area contributed by atoms with Gasteiger partial charge in [0, 0.05) is 20.0 Å². The summed E-state index contributed by atoms with van der Waals surface area (Å²) < 4.78 is 5.51. The highest BCUT2D eigenvalue weighted by Gasteiger charge is 2.10. The number of carbonyl (C=O) groups excluding carboxylic acids is 1. The van der Waals surface area contributed by atoms with Crippen molar-refractivity contribution in [2.24, 2.45) is 0 Å². The molecular weight excluding hydrogens is 230 g/mol. The Bertz CT molecular complexity index is 379. The van der Waals surface area contributed by atoms with Gasteiger partial charge in [-0.15, -0.1) is 0 Å². The molecule has 0 heterocycles. The van der Waals surface area contributed by atoms with Crippen LogP contribution in [-0.2, 0) is 11.2 Å². The van der Waals surface area contributed by atoms with Crippen LogP contribution in [0.1, 0.15) is 18.9 Å². The van der Waals surface area contributed by atoms with Crippen LogP contribution in [0.3, 0.4) is 0 Å². The van der Waals surface area contributed by atoms with Gasteiger partial charge in [-0.3, -0.25) is 4.79 Å². The van der Waals surface area contributed by atoms with Gasteiger partial charge in [-0.25, -0.2) is 0 Å². The van der Waals surface area contributed by atoms with Crippen LogP contribution >= 0.6 is 0 Å². The lowest BCUT2D eigenvalue weighted by Gasteiger charge is -2.16. The van der Waals surface area contributed by atoms with E-state index in [0.717, 1.165) is 11.3 Å². The first-order valence-corrected chi connectivity index (χ1v) is 6.24. The van der Waals surface area contributed by atoms with E-state index in [1.165, 1.54) is 0 Å². The number of hydrogen-bond donors (Lipinski definition) is 1. The molecule has 0 saturated carbocycles. The van der Waals surface area contributed by atoms with E-state index >= 15 is 0 Å². The number of aliphatic hydroxyl groups is 1. The third-order valence-electron chi connectivity index (χ3n) is 2.74. The molecular formula is C14H21NO3. The molecule has 18 heavy (non-hydrogen) atoms. The number of amides is 1. The smallest absolute Gasteiger partial charge is 0.222 e. The SMILES string of the molecule is CCOc1ccccc1CCC(=O)N(C)CCO. The molecule has 100 valence electrons. The number of likely N-dealkylation sites (N-methyl/N-ethyl adjacent to an activating group) is 1. The fourth-order valence-corrected chi connectivity index (χ4v) is 1.71. The number of aryl methyl sites for hydroxylation is 1. The molecule has 0 atom stereocenters. The summed E-state index contributed by atoms with van der Waals surface area (Å²) in [6.45, 7) is 2.94. The van der Waals surface area contributed by atoms with Gasteiger partial charge in [0.25, 0.3) is 0 Å². The van der Waals surface area contributed by atoms with E-state index in [1.807, 2.05) is 31.2 Å². The average molecular weight is 251 g/mol. The van der Waals surface area contributed by atoms with Crippen molar-refractivity contribution < 1.29 is 14.6 Å². The number of carbonyl (C=O) groups is 1. The summed E-state index contributed by atoms with van der Waals surface area (Å²) in [6.07, 6.45) is 1.09. The number of rotatable bonds is 7. The first-order valence-electron chi connectivity index (χ1n) is 6.24. The second-order valence-corrected chi connectivity index (χ2v) is 4.08. The van der Waals surface area contributed by atoms with Crippen molar-refractivity contribution in [3.8, 4) is 5.75 Å². The van der Waals surface area contributed by atoms with Gasteiger partial charge in [0.1, 0.15) is 5.75 Å². The fraction of sp³-hybridized carbons (Fsp3) is 0.500. The van der Waals surface area contributed by atoms with Crippen LogP contribution in [0.15, 0.2) is 24.3 Å². The number of ether oxygens (including phenoxy) is 1. The van der Waals surface area contributed by atoms with Crippen molar-refractivity contribution >= 4 is 5.91 Å². The third kappa shape index (κ3) is 4.37. The Morgan fingerprint density at radius 1 is 1.39 bits per heavy atom. The molecule has 1 aromatic rings. The Kier molecular flexibility index (Phi) is 6.22. The third-order valence-corrected chi connectivity index (χ3v) is 2.74. The molecule has 0 spiro atoms. The summed E-state index contributed by atoms with van der Waals surface area (Å²) in [7, 11) is 1.70. The average Bonchev–Trinajstić information content (AvgIpc) is 2.38. The summed E-state index contributed by atoms with van der Waals surface area (Å²) in [5.41, 5.74) is 1.05. The van der Waals surface area contributed by atoms with Crippen molar-refractivity contribution in [1.82, 2.24) is 4.90 Å². The van der Waals surface area contributed by atoms with Gasteiger partial charge in [-0.05, 0) is 25.0 Å². The number of para-hydroxylation sites is 1. The minimum Gasteiger partial charge on any atom is -0.494 e. The second-order valence-electron chi connectivity index (χ2n) is 4.08. The van der Waals surface area contributed by atoms with Gasteiger partial charge >= 0.3 is 0 Å². The summed E-state index contributed by atoms with van der Waals surface area (Å²) in [5, 5.41) is 8.77. The van der Waals surface area contributed by atoms with E-state index in [9.17, 15) is 4.79 Å². The summed E-state index contributed by atoms with van der Waals surface area (Å²) in [6, 6.07) is 7.76. The molecule has 0 fully saturated rings. The zero-order valence-corrected chi connectivity index (χ0v) is 11.1. The lowest BCUT2D eigenvalue weighted by Crippen LogP contribution is -2.29. The summed E-state index contributed by atoms with van der Waals surface area (Å²) in [4.78, 5) is 13.3. The number of benzene rings is 1. The molecule has 0 aliphatic heterocycles. The highest BCUT2D eigenvalue weighted by atomic mass is 16.5. The molecule has 1 aromatic carbocycles. The van der Waals surface area contributed by atoms with Crippen LogP contribution < -0.4 is 4.74 Å². The van der Waals surface area contributed by atoms with Gasteiger partial charge in [0.15, 0.2) is 0 Å². The minimum absolute atomic E-state index is 0.00221. The van der Waals surface area contributed by atoms with E-state index < -0.39 is 0 Å². The quantitative estimate of drug-likeness (QED) is 0.798. The summed E-state index contributed by atoms with van der Waals surface area (Å²) in [5.74, 6) is 0.882.